The van der Waals surface area contributed by atoms with Gasteiger partial charge in [-0.1, -0.05) is 11.2 Å². The number of benzene rings is 1. The number of nitrogens with one attached hydrogen (secondary N) is 4. The fourth-order valence-corrected chi connectivity index (χ4v) is 4.07. The minimum atomic E-state index is -2.78. The van der Waals surface area contributed by atoms with Crippen LogP contribution in [0.5, 0.6) is 0 Å². The Bertz CT molecular complexity index is 1290. The molecular weight excluding hydrogens is 540 g/mol. The Morgan fingerprint density at radius 1 is 1.20 bits per heavy atom. The van der Waals surface area contributed by atoms with Crippen LogP contribution >= 0.6 is 0 Å². The standard InChI is InChI=1S/C16H22N2O2.C7H9N3O2.C4H6F2N2O/c1-11(20-13-4-5-13)9-16-17-14-6-3-12(7-8-19-2)10-15(14)18-16;1-8-7(11)6-5(4-2-3-4)9-12-10-6;5-4(6)1-7-3(9)8-2-4/h3,6,10-11,13H,4-5,7-9H2,1-2H3,(H,17,18);4H,2-3H2,1H3,(H,8,11);1-2H2,(H2,7,8,9)/t11-;;/m1../s1. The number of carbonyl (C=O) groups excluding carboxylic acids is 2. The van der Waals surface area contributed by atoms with Gasteiger partial charge < -0.3 is 30.4 Å². The molecule has 3 heterocycles. The number of aromatic nitrogens is 4. The molecule has 224 valence electrons. The van der Waals surface area contributed by atoms with Crippen LogP contribution in [0.3, 0.4) is 0 Å². The van der Waals surface area contributed by atoms with E-state index in [-0.39, 0.29) is 12.0 Å². The number of halogens is 2. The van der Waals surface area contributed by atoms with Crippen molar-refractivity contribution in [3.8, 4) is 0 Å². The Kier molecular flexibility index (Phi) is 10.2. The molecule has 2 aromatic heterocycles. The monoisotopic (exact) mass is 577 g/mol. The zero-order valence-corrected chi connectivity index (χ0v) is 23.5. The first-order valence-corrected chi connectivity index (χ1v) is 13.7. The van der Waals surface area contributed by atoms with Gasteiger partial charge in [-0.3, -0.25) is 4.79 Å². The summed E-state index contributed by atoms with van der Waals surface area (Å²) in [6.45, 7) is 1.76. The maximum absolute atomic E-state index is 12.1. The molecule has 12 nitrogen and oxygen atoms in total. The van der Waals surface area contributed by atoms with Crippen LogP contribution in [0.25, 0.3) is 11.0 Å². The van der Waals surface area contributed by atoms with Crippen LogP contribution in [0.1, 0.15) is 66.1 Å². The van der Waals surface area contributed by atoms with Crippen LogP contribution in [0, 0.1) is 0 Å². The van der Waals surface area contributed by atoms with E-state index in [0.29, 0.717) is 23.4 Å². The molecule has 1 saturated heterocycles. The summed E-state index contributed by atoms with van der Waals surface area (Å²) in [7, 11) is 3.29. The smallest absolute Gasteiger partial charge is 0.315 e. The van der Waals surface area contributed by atoms with Gasteiger partial charge in [-0.25, -0.2) is 23.2 Å². The number of methoxy groups -OCH3 is 1. The molecule has 4 N–H and O–H groups in total. The van der Waals surface area contributed by atoms with Gasteiger partial charge in [0.1, 0.15) is 11.5 Å². The van der Waals surface area contributed by atoms with Crippen molar-refractivity contribution in [3.05, 3.63) is 41.0 Å². The minimum absolute atomic E-state index is 0.224. The number of hydrogen-bond donors (Lipinski definition) is 4. The molecule has 3 aromatic rings. The predicted octanol–water partition coefficient (Wildman–Crippen LogP) is 3.10. The summed E-state index contributed by atoms with van der Waals surface area (Å²) in [6.07, 6.45) is 7.10. The molecule has 14 heteroatoms. The molecule has 0 spiro atoms. The van der Waals surface area contributed by atoms with E-state index in [2.05, 4.69) is 55.3 Å². The van der Waals surface area contributed by atoms with Crippen molar-refractivity contribution in [2.75, 3.05) is 33.9 Å². The van der Waals surface area contributed by atoms with Crippen LogP contribution < -0.4 is 16.0 Å². The van der Waals surface area contributed by atoms with Gasteiger partial charge in [-0.15, -0.1) is 0 Å². The van der Waals surface area contributed by atoms with Gasteiger partial charge in [0.2, 0.25) is 0 Å². The maximum Gasteiger partial charge on any atom is 0.315 e. The lowest BCUT2D eigenvalue weighted by molar-refractivity contribution is -0.00118. The first-order chi connectivity index (χ1) is 19.7. The molecule has 3 amide bonds. The molecule has 0 bridgehead atoms. The highest BCUT2D eigenvalue weighted by molar-refractivity contribution is 5.93. The number of ether oxygens (including phenoxy) is 2. The molecule has 0 radical (unpaired) electrons. The number of amides is 3. The first-order valence-electron chi connectivity index (χ1n) is 13.7. The molecule has 41 heavy (non-hydrogen) atoms. The average molecular weight is 578 g/mol. The molecule has 2 saturated carbocycles. The summed E-state index contributed by atoms with van der Waals surface area (Å²) in [5.41, 5.74) is 4.44. The molecule has 1 aromatic carbocycles. The molecule has 1 atom stereocenters. The van der Waals surface area contributed by atoms with E-state index < -0.39 is 25.0 Å². The van der Waals surface area contributed by atoms with Crippen LogP contribution in [0.2, 0.25) is 0 Å². The molecule has 3 fully saturated rings. The van der Waals surface area contributed by atoms with Crippen LogP contribution in [0.15, 0.2) is 22.8 Å². The molecule has 2 aliphatic carbocycles. The van der Waals surface area contributed by atoms with E-state index in [4.69, 9.17) is 9.47 Å². The number of H-pyrrole nitrogens is 1. The van der Waals surface area contributed by atoms with Crippen molar-refractivity contribution in [1.29, 1.82) is 0 Å². The number of alkyl halides is 2. The van der Waals surface area contributed by atoms with E-state index in [1.54, 1.807) is 14.2 Å². The number of imidazole rings is 1. The summed E-state index contributed by atoms with van der Waals surface area (Å²) in [4.78, 5) is 29.4. The van der Waals surface area contributed by atoms with Crippen molar-refractivity contribution >= 4 is 23.0 Å². The van der Waals surface area contributed by atoms with Crippen molar-refractivity contribution in [3.63, 3.8) is 0 Å². The second-order valence-corrected chi connectivity index (χ2v) is 10.4. The van der Waals surface area contributed by atoms with Gasteiger partial charge in [0.05, 0.1) is 42.9 Å². The fourth-order valence-electron chi connectivity index (χ4n) is 4.07. The third kappa shape index (κ3) is 9.46. The van der Waals surface area contributed by atoms with Crippen LogP contribution in [0.4, 0.5) is 13.6 Å². The third-order valence-electron chi connectivity index (χ3n) is 6.56. The largest absolute Gasteiger partial charge is 0.384 e. The van der Waals surface area contributed by atoms with E-state index >= 15 is 0 Å². The lowest BCUT2D eigenvalue weighted by Crippen LogP contribution is -2.54. The number of fused-ring (bicyclic) bond motifs is 1. The minimum Gasteiger partial charge on any atom is -0.384 e. The van der Waals surface area contributed by atoms with Gasteiger partial charge >= 0.3 is 6.03 Å². The molecular formula is C27H37F2N7O5. The Balaban J connectivity index is 0.000000156. The Hall–Kier alpha value is -3.65. The summed E-state index contributed by atoms with van der Waals surface area (Å²) in [5, 5.41) is 13.7. The van der Waals surface area contributed by atoms with Crippen molar-refractivity contribution in [2.45, 2.75) is 69.5 Å². The third-order valence-corrected chi connectivity index (χ3v) is 6.56. The molecule has 6 rings (SSSR count). The normalized spacial score (nSPS) is 18.2. The lowest BCUT2D eigenvalue weighted by Gasteiger charge is -2.22. The second kappa shape index (κ2) is 13.8. The van der Waals surface area contributed by atoms with Crippen molar-refractivity contribution in [1.82, 2.24) is 36.2 Å². The maximum atomic E-state index is 12.1. The van der Waals surface area contributed by atoms with Gasteiger partial charge in [0.15, 0.2) is 5.69 Å². The van der Waals surface area contributed by atoms with E-state index in [0.717, 1.165) is 49.1 Å². The highest BCUT2D eigenvalue weighted by Crippen LogP contribution is 2.40. The van der Waals surface area contributed by atoms with Crippen LogP contribution in [-0.4, -0.2) is 84.2 Å². The first kappa shape index (κ1) is 30.3. The molecule has 0 unspecified atom stereocenters. The van der Waals surface area contributed by atoms with E-state index in [1.165, 1.54) is 18.4 Å². The quantitative estimate of drug-likeness (QED) is 0.302. The number of aromatic amines is 1. The summed E-state index contributed by atoms with van der Waals surface area (Å²) < 4.78 is 39.7. The summed E-state index contributed by atoms with van der Waals surface area (Å²) >= 11 is 0. The summed E-state index contributed by atoms with van der Waals surface area (Å²) in [6, 6.07) is 5.83. The van der Waals surface area contributed by atoms with Gasteiger partial charge in [-0.2, -0.15) is 0 Å². The Morgan fingerprint density at radius 2 is 1.93 bits per heavy atom. The average Bonchev–Trinajstić information content (AvgIpc) is 3.88. The highest BCUT2D eigenvalue weighted by Gasteiger charge is 2.34. The number of rotatable bonds is 9. The lowest BCUT2D eigenvalue weighted by atomic mass is 10.1. The number of urea groups is 1. The molecule has 3 aliphatic rings. The van der Waals surface area contributed by atoms with E-state index in [1.807, 2.05) is 10.6 Å². The Morgan fingerprint density at radius 3 is 2.54 bits per heavy atom. The summed E-state index contributed by atoms with van der Waals surface area (Å²) in [5.74, 6) is -1.60. The van der Waals surface area contributed by atoms with Crippen LogP contribution in [-0.2, 0) is 22.3 Å². The zero-order valence-electron chi connectivity index (χ0n) is 23.5. The SMILES string of the molecule is CNC(=O)c1nonc1C1CC1.COCCc1ccc2nc(C[C@@H](C)OC3CC3)[nH]c2c1.O=C1NCC(F)(F)CN1. The predicted molar refractivity (Wildman–Crippen MR) is 145 cm³/mol. The second-order valence-electron chi connectivity index (χ2n) is 10.4. The highest BCUT2D eigenvalue weighted by atomic mass is 19.3. The zero-order chi connectivity index (χ0) is 29.4. The molecule has 1 aliphatic heterocycles. The fraction of sp³-hybridized carbons (Fsp3) is 0.593. The van der Waals surface area contributed by atoms with Gasteiger partial charge in [0.25, 0.3) is 11.8 Å². The van der Waals surface area contributed by atoms with Crippen molar-refractivity contribution < 1.29 is 32.5 Å². The Labute approximate surface area is 236 Å². The number of carbonyl (C=O) groups is 2. The van der Waals surface area contributed by atoms with Gasteiger partial charge in [0, 0.05) is 26.5 Å². The topological polar surface area (TPSA) is 156 Å². The van der Waals surface area contributed by atoms with Crippen molar-refractivity contribution in [2.24, 2.45) is 0 Å². The number of nitrogens with zero attached hydrogens (tertiary/aromatic N) is 3. The van der Waals surface area contributed by atoms with Gasteiger partial charge in [-0.05, 0) is 61.9 Å². The van der Waals surface area contributed by atoms with E-state index in [9.17, 15) is 18.4 Å². The number of hydrogen-bond acceptors (Lipinski definition) is 8.